The quantitative estimate of drug-likeness (QED) is 0.150. The van der Waals surface area contributed by atoms with Crippen LogP contribution in [0, 0.1) is 16.5 Å². The Morgan fingerprint density at radius 3 is 2.30 bits per heavy atom. The number of benzene rings is 3. The molecule has 1 aromatic heterocycles. The van der Waals surface area contributed by atoms with E-state index in [9.17, 15) is 9.90 Å². The van der Waals surface area contributed by atoms with E-state index in [2.05, 4.69) is 6.92 Å². The predicted octanol–water partition coefficient (Wildman–Crippen LogP) is 5.28. The number of carboxylic acids is 1. The summed E-state index contributed by atoms with van der Waals surface area (Å²) in [7, 11) is 0. The number of hydrogen-bond donors (Lipinski definition) is 5. The van der Waals surface area contributed by atoms with E-state index in [0.717, 1.165) is 35.4 Å². The molecule has 0 saturated heterocycles. The highest BCUT2D eigenvalue weighted by molar-refractivity contribution is 6.02. The van der Waals surface area contributed by atoms with Crippen molar-refractivity contribution in [3.63, 3.8) is 0 Å². The van der Waals surface area contributed by atoms with Gasteiger partial charge in [-0.15, -0.1) is 0 Å². The summed E-state index contributed by atoms with van der Waals surface area (Å²) in [5.74, 6) is -0.0295. The van der Waals surface area contributed by atoms with Gasteiger partial charge in [-0.2, -0.15) is 0 Å². The van der Waals surface area contributed by atoms with E-state index in [4.69, 9.17) is 27.2 Å². The lowest BCUT2D eigenvalue weighted by Gasteiger charge is -2.12. The Kier molecular flexibility index (Phi) is 7.30. The Balaban J connectivity index is 0.00000149. The molecule has 33 heavy (non-hydrogen) atoms. The summed E-state index contributed by atoms with van der Waals surface area (Å²) in [6, 6.07) is 20.9. The van der Waals surface area contributed by atoms with Crippen molar-refractivity contribution < 1.29 is 9.90 Å². The number of aromatic carboxylic acids is 1. The van der Waals surface area contributed by atoms with Crippen LogP contribution in [0.1, 0.15) is 40.7 Å². The monoisotopic (exact) mass is 442 g/mol. The zero-order chi connectivity index (χ0) is 24.0. The Morgan fingerprint density at radius 2 is 1.67 bits per heavy atom. The van der Waals surface area contributed by atoms with Crippen LogP contribution < -0.4 is 5.73 Å². The van der Waals surface area contributed by atoms with Gasteiger partial charge in [-0.1, -0.05) is 61.5 Å². The van der Waals surface area contributed by atoms with Gasteiger partial charge in [0.2, 0.25) is 0 Å². The number of rotatable bonds is 7. The maximum atomic E-state index is 11.8. The number of hydrogen-bond acceptors (Lipinski definition) is 5. The minimum atomic E-state index is -0.953. The second-order valence-corrected chi connectivity index (χ2v) is 7.50. The van der Waals surface area contributed by atoms with Crippen molar-refractivity contribution in [3.8, 4) is 11.1 Å². The first-order chi connectivity index (χ1) is 16.0. The van der Waals surface area contributed by atoms with E-state index < -0.39 is 5.97 Å². The lowest BCUT2D eigenvalue weighted by molar-refractivity contribution is 0.0698. The number of carboxylic acid groups (broad SMARTS) is 1. The molecule has 8 nitrogen and oxygen atoms in total. The molecule has 3 aromatic carbocycles. The molecule has 8 heteroatoms. The fraction of sp³-hybridized carbons (Fsp3) is 0.160. The van der Waals surface area contributed by atoms with Gasteiger partial charge >= 0.3 is 5.97 Å². The van der Waals surface area contributed by atoms with Gasteiger partial charge in [0.15, 0.2) is 0 Å². The lowest BCUT2D eigenvalue weighted by Crippen LogP contribution is -2.12. The first-order valence-corrected chi connectivity index (χ1v) is 10.5. The standard InChI is InChI=1S/C25H24N4O2.H2N2/c1-2-6-22-28-21-10-5-9-20(25(30)31)23(21)29(22)15-16-11-13-17(14-12-16)18-7-3-4-8-19(18)24(26)27;1-2/h3-5,7-14H,2,6,15H2,1H3,(H3,26,27)(H,30,31);1-2H. The normalized spacial score (nSPS) is 10.5. The van der Waals surface area contributed by atoms with Crippen LogP contribution in [0.2, 0.25) is 0 Å². The number of nitrogen functional groups attached to an aromatic ring is 1. The Labute approximate surface area is 191 Å². The van der Waals surface area contributed by atoms with Crippen molar-refractivity contribution in [3.05, 3.63) is 89.2 Å². The van der Waals surface area contributed by atoms with Crippen molar-refractivity contribution in [2.45, 2.75) is 26.3 Å². The van der Waals surface area contributed by atoms with Crippen LogP contribution in [0.15, 0.2) is 66.7 Å². The van der Waals surface area contributed by atoms with Crippen LogP contribution in [-0.2, 0) is 13.0 Å². The van der Waals surface area contributed by atoms with E-state index in [1.807, 2.05) is 59.2 Å². The van der Waals surface area contributed by atoms with E-state index in [1.165, 1.54) is 0 Å². The van der Waals surface area contributed by atoms with Gasteiger partial charge < -0.3 is 15.4 Å². The van der Waals surface area contributed by atoms with Crippen LogP contribution >= 0.6 is 0 Å². The second-order valence-electron chi connectivity index (χ2n) is 7.50. The molecule has 0 unspecified atom stereocenters. The molecule has 0 saturated carbocycles. The topological polar surface area (TPSA) is 153 Å². The highest BCUT2D eigenvalue weighted by Gasteiger charge is 2.17. The van der Waals surface area contributed by atoms with Crippen LogP contribution in [0.4, 0.5) is 0 Å². The third kappa shape index (κ3) is 4.79. The van der Waals surface area contributed by atoms with Gasteiger partial charge in [0.05, 0.1) is 16.6 Å². The smallest absolute Gasteiger partial charge is 0.337 e. The summed E-state index contributed by atoms with van der Waals surface area (Å²) in [5.41, 5.74) is 21.0. The number of imidazole rings is 1. The van der Waals surface area contributed by atoms with Gasteiger partial charge in [0, 0.05) is 18.5 Å². The average molecular weight is 443 g/mol. The van der Waals surface area contributed by atoms with Crippen molar-refractivity contribution >= 4 is 22.8 Å². The van der Waals surface area contributed by atoms with Gasteiger partial charge in [0.25, 0.3) is 0 Å². The number of aromatic nitrogens is 2. The molecule has 0 fully saturated rings. The van der Waals surface area contributed by atoms with Gasteiger partial charge in [-0.3, -0.25) is 5.41 Å². The lowest BCUT2D eigenvalue weighted by atomic mass is 9.98. The molecule has 0 aliphatic heterocycles. The van der Waals surface area contributed by atoms with E-state index in [1.54, 1.807) is 12.1 Å². The molecule has 0 amide bonds. The maximum Gasteiger partial charge on any atom is 0.337 e. The maximum absolute atomic E-state index is 11.8. The van der Waals surface area contributed by atoms with Gasteiger partial charge in [-0.25, -0.2) is 20.8 Å². The summed E-state index contributed by atoms with van der Waals surface area (Å²) in [6.45, 7) is 2.62. The third-order valence-corrected chi connectivity index (χ3v) is 5.37. The summed E-state index contributed by atoms with van der Waals surface area (Å²) >= 11 is 0. The number of nitrogens with one attached hydrogen (secondary N) is 3. The molecule has 0 atom stereocenters. The van der Waals surface area contributed by atoms with Crippen molar-refractivity contribution in [1.29, 1.82) is 16.5 Å². The van der Waals surface area contributed by atoms with Gasteiger partial charge in [0.1, 0.15) is 11.7 Å². The zero-order valence-corrected chi connectivity index (χ0v) is 18.3. The predicted molar refractivity (Wildman–Crippen MR) is 128 cm³/mol. The van der Waals surface area contributed by atoms with Crippen LogP contribution in [-0.4, -0.2) is 26.5 Å². The molecule has 0 bridgehead atoms. The highest BCUT2D eigenvalue weighted by Crippen LogP contribution is 2.26. The molecule has 4 rings (SSSR count). The number of aryl methyl sites for hydroxylation is 1. The van der Waals surface area contributed by atoms with Crippen molar-refractivity contribution in [2.24, 2.45) is 5.73 Å². The highest BCUT2D eigenvalue weighted by atomic mass is 16.4. The van der Waals surface area contributed by atoms with Gasteiger partial charge in [-0.05, 0) is 35.2 Å². The second kappa shape index (κ2) is 10.3. The minimum Gasteiger partial charge on any atom is -0.478 e. The molecule has 0 aliphatic rings. The average Bonchev–Trinajstić information content (AvgIpc) is 3.18. The zero-order valence-electron chi connectivity index (χ0n) is 18.3. The molecular formula is C25H26N6O2. The Hall–Kier alpha value is -4.33. The molecule has 0 radical (unpaired) electrons. The number of para-hydroxylation sites is 1. The fourth-order valence-corrected chi connectivity index (χ4v) is 3.93. The number of nitrogens with zero attached hydrogens (tertiary/aromatic N) is 2. The first-order valence-electron chi connectivity index (χ1n) is 10.5. The molecule has 4 aromatic rings. The number of fused-ring (bicyclic) bond motifs is 1. The minimum absolute atomic E-state index is 0.0370. The molecule has 6 N–H and O–H groups in total. The van der Waals surface area contributed by atoms with Crippen LogP contribution in [0.25, 0.3) is 22.2 Å². The van der Waals surface area contributed by atoms with Crippen molar-refractivity contribution in [1.82, 2.24) is 9.55 Å². The van der Waals surface area contributed by atoms with E-state index >= 15 is 0 Å². The summed E-state index contributed by atoms with van der Waals surface area (Å²) in [6.07, 6.45) is 1.70. The van der Waals surface area contributed by atoms with Crippen molar-refractivity contribution in [2.75, 3.05) is 0 Å². The summed E-state index contributed by atoms with van der Waals surface area (Å²) in [5, 5.41) is 17.5. The Morgan fingerprint density at radius 1 is 1.00 bits per heavy atom. The summed E-state index contributed by atoms with van der Waals surface area (Å²) < 4.78 is 2.01. The van der Waals surface area contributed by atoms with Crippen LogP contribution in [0.5, 0.6) is 0 Å². The first kappa shape index (κ1) is 23.3. The number of amidine groups is 1. The molecule has 168 valence electrons. The molecule has 1 heterocycles. The Bertz CT molecular complexity index is 1290. The largest absolute Gasteiger partial charge is 0.478 e. The van der Waals surface area contributed by atoms with Crippen LogP contribution in [0.3, 0.4) is 0 Å². The van der Waals surface area contributed by atoms with E-state index in [0.29, 0.717) is 23.1 Å². The third-order valence-electron chi connectivity index (χ3n) is 5.37. The van der Waals surface area contributed by atoms with E-state index in [-0.39, 0.29) is 11.4 Å². The number of carbonyl (C=O) groups is 1. The molecule has 0 spiro atoms. The summed E-state index contributed by atoms with van der Waals surface area (Å²) in [4.78, 5) is 16.5. The molecular weight excluding hydrogens is 416 g/mol. The number of nitrogens with two attached hydrogens (primary N) is 1. The fourth-order valence-electron chi connectivity index (χ4n) is 3.93. The molecule has 0 aliphatic carbocycles. The SMILES string of the molecule is CCCc1nc2cccc(C(=O)O)c2n1Cc1ccc(-c2ccccc2C(=N)N)cc1.N=N.